The van der Waals surface area contributed by atoms with Crippen molar-refractivity contribution in [2.24, 2.45) is 0 Å². The first-order valence-corrected chi connectivity index (χ1v) is 3.53. The van der Waals surface area contributed by atoms with E-state index in [-0.39, 0.29) is 22.7 Å². The van der Waals surface area contributed by atoms with Crippen molar-refractivity contribution in [2.45, 2.75) is 13.8 Å². The van der Waals surface area contributed by atoms with Crippen LogP contribution in [0.4, 0.5) is 4.39 Å². The fourth-order valence-electron chi connectivity index (χ4n) is 1.12. The Hall–Kier alpha value is -1.38. The van der Waals surface area contributed by atoms with Crippen LogP contribution in [-0.4, -0.2) is 10.9 Å². The van der Waals surface area contributed by atoms with Gasteiger partial charge in [-0.2, -0.15) is 0 Å². The molecule has 1 aromatic carbocycles. The molecule has 1 aromatic rings. The van der Waals surface area contributed by atoms with Gasteiger partial charge in [-0.05, 0) is 31.5 Å². The van der Waals surface area contributed by atoms with Crippen molar-refractivity contribution in [3.8, 4) is 5.75 Å². The molecule has 0 heterocycles. The predicted octanol–water partition coefficient (Wildman–Crippen LogP) is 2.04. The molecular formula is C9H9FO2. The zero-order chi connectivity index (χ0) is 9.30. The third-order valence-corrected chi connectivity index (χ3v) is 1.73. The van der Waals surface area contributed by atoms with Crippen molar-refractivity contribution in [1.29, 1.82) is 0 Å². The van der Waals surface area contributed by atoms with E-state index in [1.165, 1.54) is 19.9 Å². The lowest BCUT2D eigenvalue weighted by Crippen LogP contribution is -1.98. The standard InChI is InChI=1S/C9H9FO2/c1-5-7(10)3-4-8(12)9(5)6(2)11/h3-4,12H,1-2H3. The van der Waals surface area contributed by atoms with Gasteiger partial charge in [-0.15, -0.1) is 0 Å². The lowest BCUT2D eigenvalue weighted by atomic mass is 10.0. The molecule has 0 amide bonds. The first kappa shape index (κ1) is 8.71. The van der Waals surface area contributed by atoms with Crippen molar-refractivity contribution >= 4 is 5.78 Å². The first-order valence-electron chi connectivity index (χ1n) is 3.53. The van der Waals surface area contributed by atoms with Crippen LogP contribution in [0.2, 0.25) is 0 Å². The zero-order valence-electron chi connectivity index (χ0n) is 6.89. The molecule has 0 aromatic heterocycles. The zero-order valence-corrected chi connectivity index (χ0v) is 6.89. The van der Waals surface area contributed by atoms with Gasteiger partial charge in [-0.1, -0.05) is 0 Å². The van der Waals surface area contributed by atoms with Gasteiger partial charge in [0.2, 0.25) is 0 Å². The third kappa shape index (κ3) is 1.30. The van der Waals surface area contributed by atoms with Crippen LogP contribution in [0.25, 0.3) is 0 Å². The summed E-state index contributed by atoms with van der Waals surface area (Å²) in [4.78, 5) is 10.9. The highest BCUT2D eigenvalue weighted by molar-refractivity contribution is 5.98. The molecule has 0 unspecified atom stereocenters. The van der Waals surface area contributed by atoms with E-state index in [1.807, 2.05) is 0 Å². The average Bonchev–Trinajstić information content (AvgIpc) is 1.97. The summed E-state index contributed by atoms with van der Waals surface area (Å²) in [7, 11) is 0. The van der Waals surface area contributed by atoms with Crippen LogP contribution in [-0.2, 0) is 0 Å². The van der Waals surface area contributed by atoms with E-state index >= 15 is 0 Å². The molecule has 0 saturated carbocycles. The minimum Gasteiger partial charge on any atom is -0.507 e. The van der Waals surface area contributed by atoms with Gasteiger partial charge in [-0.25, -0.2) is 4.39 Å². The maximum absolute atomic E-state index is 12.9. The summed E-state index contributed by atoms with van der Waals surface area (Å²) in [6, 6.07) is 2.32. The molecule has 0 spiro atoms. The first-order chi connectivity index (χ1) is 5.54. The smallest absolute Gasteiger partial charge is 0.163 e. The van der Waals surface area contributed by atoms with Crippen LogP contribution in [0.5, 0.6) is 5.75 Å². The Kier molecular flexibility index (Phi) is 2.13. The Balaban J connectivity index is 3.43. The summed E-state index contributed by atoms with van der Waals surface area (Å²) >= 11 is 0. The molecule has 1 rings (SSSR count). The Morgan fingerprint density at radius 1 is 1.50 bits per heavy atom. The number of rotatable bonds is 1. The molecule has 64 valence electrons. The molecular weight excluding hydrogens is 159 g/mol. The molecule has 0 saturated heterocycles. The highest BCUT2D eigenvalue weighted by atomic mass is 19.1. The van der Waals surface area contributed by atoms with Crippen molar-refractivity contribution in [3.05, 3.63) is 29.1 Å². The van der Waals surface area contributed by atoms with Gasteiger partial charge in [-0.3, -0.25) is 4.79 Å². The molecule has 2 nitrogen and oxygen atoms in total. The molecule has 3 heteroatoms. The molecule has 12 heavy (non-hydrogen) atoms. The fourth-order valence-corrected chi connectivity index (χ4v) is 1.12. The van der Waals surface area contributed by atoms with Gasteiger partial charge < -0.3 is 5.11 Å². The second-order valence-corrected chi connectivity index (χ2v) is 2.62. The second-order valence-electron chi connectivity index (χ2n) is 2.62. The number of benzene rings is 1. The number of Topliss-reactive ketones (excluding diaryl/α,β-unsaturated/α-hetero) is 1. The minimum atomic E-state index is -0.474. The van der Waals surface area contributed by atoms with E-state index in [2.05, 4.69) is 0 Å². The van der Waals surface area contributed by atoms with E-state index in [0.717, 1.165) is 6.07 Å². The summed E-state index contributed by atoms with van der Waals surface area (Å²) in [6.07, 6.45) is 0. The topological polar surface area (TPSA) is 37.3 Å². The largest absolute Gasteiger partial charge is 0.507 e. The Morgan fingerprint density at radius 2 is 2.08 bits per heavy atom. The Bertz CT molecular complexity index is 332. The minimum absolute atomic E-state index is 0.0648. The summed E-state index contributed by atoms with van der Waals surface area (Å²) in [5.74, 6) is -0.969. The summed E-state index contributed by atoms with van der Waals surface area (Å²) in [6.45, 7) is 2.76. The van der Waals surface area contributed by atoms with Crippen molar-refractivity contribution in [2.75, 3.05) is 0 Å². The second kappa shape index (κ2) is 2.93. The van der Waals surface area contributed by atoms with Gasteiger partial charge in [0.1, 0.15) is 11.6 Å². The maximum Gasteiger partial charge on any atom is 0.163 e. The number of carbonyl (C=O) groups is 1. The van der Waals surface area contributed by atoms with Crippen molar-refractivity contribution < 1.29 is 14.3 Å². The highest BCUT2D eigenvalue weighted by Gasteiger charge is 2.12. The van der Waals surface area contributed by atoms with E-state index in [9.17, 15) is 14.3 Å². The van der Waals surface area contributed by atoms with Gasteiger partial charge in [0.25, 0.3) is 0 Å². The molecule has 0 atom stereocenters. The highest BCUT2D eigenvalue weighted by Crippen LogP contribution is 2.23. The Labute approximate surface area is 69.6 Å². The van der Waals surface area contributed by atoms with Gasteiger partial charge in [0, 0.05) is 0 Å². The quantitative estimate of drug-likeness (QED) is 0.651. The molecule has 1 N–H and O–H groups in total. The molecule has 0 fully saturated rings. The molecule has 0 aliphatic rings. The van der Waals surface area contributed by atoms with Crippen LogP contribution in [0.1, 0.15) is 22.8 Å². The average molecular weight is 168 g/mol. The SMILES string of the molecule is CC(=O)c1c(O)ccc(F)c1C. The number of halogens is 1. The number of phenolic OH excluding ortho intramolecular Hbond substituents is 1. The number of carbonyl (C=O) groups excluding carboxylic acids is 1. The normalized spacial score (nSPS) is 9.92. The van der Waals surface area contributed by atoms with E-state index < -0.39 is 5.82 Å². The van der Waals surface area contributed by atoms with Gasteiger partial charge in [0.05, 0.1) is 5.56 Å². The van der Waals surface area contributed by atoms with Crippen LogP contribution in [0, 0.1) is 12.7 Å². The Morgan fingerprint density at radius 3 is 2.50 bits per heavy atom. The molecule has 0 aliphatic carbocycles. The number of hydrogen-bond acceptors (Lipinski definition) is 2. The van der Waals surface area contributed by atoms with Crippen LogP contribution in [0.3, 0.4) is 0 Å². The molecule has 0 aliphatic heterocycles. The van der Waals surface area contributed by atoms with Crippen molar-refractivity contribution in [3.63, 3.8) is 0 Å². The molecule has 0 bridgehead atoms. The monoisotopic (exact) mass is 168 g/mol. The van der Waals surface area contributed by atoms with Crippen LogP contribution >= 0.6 is 0 Å². The number of phenols is 1. The number of ketones is 1. The van der Waals surface area contributed by atoms with Crippen LogP contribution < -0.4 is 0 Å². The van der Waals surface area contributed by atoms with Crippen molar-refractivity contribution in [1.82, 2.24) is 0 Å². The van der Waals surface area contributed by atoms with E-state index in [0.29, 0.717) is 0 Å². The third-order valence-electron chi connectivity index (χ3n) is 1.73. The van der Waals surface area contributed by atoms with E-state index in [1.54, 1.807) is 0 Å². The maximum atomic E-state index is 12.9. The predicted molar refractivity (Wildman–Crippen MR) is 42.8 cm³/mol. The van der Waals surface area contributed by atoms with E-state index in [4.69, 9.17) is 0 Å². The van der Waals surface area contributed by atoms with Crippen LogP contribution in [0.15, 0.2) is 12.1 Å². The van der Waals surface area contributed by atoms with Gasteiger partial charge >= 0.3 is 0 Å². The lowest BCUT2D eigenvalue weighted by Gasteiger charge is -2.04. The summed E-state index contributed by atoms with van der Waals surface area (Å²) in [5.41, 5.74) is 0.262. The fraction of sp³-hybridized carbons (Fsp3) is 0.222. The summed E-state index contributed by atoms with van der Waals surface area (Å²) in [5, 5.41) is 9.20. The van der Waals surface area contributed by atoms with Gasteiger partial charge in [0.15, 0.2) is 5.78 Å². The summed E-state index contributed by atoms with van der Waals surface area (Å²) < 4.78 is 12.9. The lowest BCUT2D eigenvalue weighted by molar-refractivity contribution is 0.101. The molecule has 0 radical (unpaired) electrons. The number of aromatic hydroxyl groups is 1. The number of hydrogen-bond donors (Lipinski definition) is 1.